The predicted octanol–water partition coefficient (Wildman–Crippen LogP) is 5.48. The molecule has 0 amide bonds. The number of hydrogen-bond acceptors (Lipinski definition) is 4. The van der Waals surface area contributed by atoms with Crippen molar-refractivity contribution in [2.45, 2.75) is 31.9 Å². The molecule has 3 aromatic carbocycles. The molecule has 4 nitrogen and oxygen atoms in total. The first-order valence-corrected chi connectivity index (χ1v) is 9.89. The third kappa shape index (κ3) is 4.33. The summed E-state index contributed by atoms with van der Waals surface area (Å²) in [4.78, 5) is 18.0. The third-order valence-electron chi connectivity index (χ3n) is 5.34. The Morgan fingerprint density at radius 1 is 0.966 bits per heavy atom. The Morgan fingerprint density at radius 2 is 1.62 bits per heavy atom. The average Bonchev–Trinajstić information content (AvgIpc) is 3.18. The van der Waals surface area contributed by atoms with Gasteiger partial charge in [0, 0.05) is 6.42 Å². The first kappa shape index (κ1) is 19.2. The molecular formula is C25H25NO3. The zero-order chi connectivity index (χ0) is 20.2. The lowest BCUT2D eigenvalue weighted by atomic mass is 9.97. The lowest BCUT2D eigenvalue weighted by Gasteiger charge is -2.25. The number of anilines is 1. The predicted molar refractivity (Wildman–Crippen MR) is 114 cm³/mol. The average molecular weight is 387 g/mol. The number of carbonyl (C=O) groups excluding carboxylic acids is 1. The van der Waals surface area contributed by atoms with Crippen LogP contribution in [0.5, 0.6) is 0 Å². The minimum Gasteiger partial charge on any atom is -0.469 e. The molecule has 2 unspecified atom stereocenters. The topological polar surface area (TPSA) is 38.8 Å². The number of carbonyl (C=O) groups is 1. The zero-order valence-electron chi connectivity index (χ0n) is 16.7. The maximum absolute atomic E-state index is 11.8. The number of nitrogens with zero attached hydrogens (tertiary/aromatic N) is 1. The van der Waals surface area contributed by atoms with Crippen molar-refractivity contribution in [2.24, 2.45) is 0 Å². The Hall–Kier alpha value is -3.11. The van der Waals surface area contributed by atoms with Crippen LogP contribution in [0, 0.1) is 6.92 Å². The fourth-order valence-corrected chi connectivity index (χ4v) is 3.74. The summed E-state index contributed by atoms with van der Waals surface area (Å²) in [5.74, 6) is -0.251. The molecule has 1 fully saturated rings. The number of hydrogen-bond donors (Lipinski definition) is 0. The molecular weight excluding hydrogens is 362 g/mol. The van der Waals surface area contributed by atoms with E-state index in [9.17, 15) is 4.79 Å². The van der Waals surface area contributed by atoms with Crippen molar-refractivity contribution in [2.75, 3.05) is 12.2 Å². The van der Waals surface area contributed by atoms with Gasteiger partial charge in [0.1, 0.15) is 0 Å². The van der Waals surface area contributed by atoms with Crippen LogP contribution in [-0.2, 0) is 14.4 Å². The highest BCUT2D eigenvalue weighted by Crippen LogP contribution is 2.39. The van der Waals surface area contributed by atoms with Gasteiger partial charge in [0.25, 0.3) is 0 Å². The van der Waals surface area contributed by atoms with E-state index in [-0.39, 0.29) is 24.5 Å². The van der Waals surface area contributed by atoms with E-state index in [1.165, 1.54) is 23.8 Å². The molecule has 0 aliphatic carbocycles. The van der Waals surface area contributed by atoms with Crippen molar-refractivity contribution in [1.82, 2.24) is 0 Å². The van der Waals surface area contributed by atoms with Crippen LogP contribution in [0.4, 0.5) is 5.69 Å². The quantitative estimate of drug-likeness (QED) is 0.544. The van der Waals surface area contributed by atoms with Gasteiger partial charge in [-0.05, 0) is 35.7 Å². The second-order valence-corrected chi connectivity index (χ2v) is 7.41. The summed E-state index contributed by atoms with van der Waals surface area (Å²) in [6.45, 7) is 2.06. The third-order valence-corrected chi connectivity index (χ3v) is 5.34. The van der Waals surface area contributed by atoms with Crippen molar-refractivity contribution in [3.05, 3.63) is 90.0 Å². The minimum absolute atomic E-state index is 0.0391. The van der Waals surface area contributed by atoms with E-state index in [4.69, 9.17) is 9.57 Å². The van der Waals surface area contributed by atoms with Gasteiger partial charge in [-0.2, -0.15) is 0 Å². The van der Waals surface area contributed by atoms with Gasteiger partial charge in [-0.15, -0.1) is 0 Å². The molecule has 29 heavy (non-hydrogen) atoms. The van der Waals surface area contributed by atoms with Crippen LogP contribution < -0.4 is 5.06 Å². The van der Waals surface area contributed by atoms with Crippen LogP contribution in [0.15, 0.2) is 78.9 Å². The molecule has 2 atom stereocenters. The lowest BCUT2D eigenvalue weighted by Crippen LogP contribution is -2.22. The van der Waals surface area contributed by atoms with Gasteiger partial charge in [0.2, 0.25) is 0 Å². The number of aryl methyl sites for hydroxylation is 1. The second-order valence-electron chi connectivity index (χ2n) is 7.41. The molecule has 3 aromatic rings. The van der Waals surface area contributed by atoms with Crippen LogP contribution in [0.1, 0.15) is 30.0 Å². The fraction of sp³-hybridized carbons (Fsp3) is 0.240. The van der Waals surface area contributed by atoms with Crippen LogP contribution in [0.3, 0.4) is 0 Å². The molecule has 148 valence electrons. The molecule has 1 heterocycles. The van der Waals surface area contributed by atoms with Gasteiger partial charge >= 0.3 is 5.97 Å². The van der Waals surface area contributed by atoms with E-state index in [0.717, 1.165) is 17.7 Å². The van der Waals surface area contributed by atoms with Crippen LogP contribution in [-0.4, -0.2) is 19.2 Å². The molecule has 1 aliphatic rings. The van der Waals surface area contributed by atoms with Gasteiger partial charge in [-0.1, -0.05) is 72.3 Å². The zero-order valence-corrected chi connectivity index (χ0v) is 16.7. The van der Waals surface area contributed by atoms with Crippen LogP contribution in [0.25, 0.3) is 11.1 Å². The summed E-state index contributed by atoms with van der Waals surface area (Å²) >= 11 is 0. The number of ether oxygens (including phenoxy) is 1. The minimum atomic E-state index is -0.251. The number of methoxy groups -OCH3 is 1. The monoisotopic (exact) mass is 387 g/mol. The first-order chi connectivity index (χ1) is 14.1. The van der Waals surface area contributed by atoms with Gasteiger partial charge < -0.3 is 4.74 Å². The van der Waals surface area contributed by atoms with Gasteiger partial charge in [-0.3, -0.25) is 9.63 Å². The summed E-state index contributed by atoms with van der Waals surface area (Å²) in [6, 6.07) is 27.2. The standard InChI is InChI=1S/C25H25NO3/c1-18-8-14-22(15-9-18)26-24(16-23(29-26)17-25(27)28-2)21-12-10-20(11-13-21)19-6-4-3-5-7-19/h3-15,23-24H,16-17H2,1-2H3. The van der Waals surface area contributed by atoms with E-state index in [0.29, 0.717) is 0 Å². The highest BCUT2D eigenvalue weighted by Gasteiger charge is 2.36. The Morgan fingerprint density at radius 3 is 2.28 bits per heavy atom. The summed E-state index contributed by atoms with van der Waals surface area (Å²) in [7, 11) is 1.41. The number of rotatable bonds is 5. The summed E-state index contributed by atoms with van der Waals surface area (Å²) in [5.41, 5.74) is 5.72. The summed E-state index contributed by atoms with van der Waals surface area (Å²) in [5, 5.41) is 1.94. The molecule has 4 heteroatoms. The van der Waals surface area contributed by atoms with E-state index < -0.39 is 0 Å². The molecule has 1 aliphatic heterocycles. The normalized spacial score (nSPS) is 18.6. The van der Waals surface area contributed by atoms with Crippen molar-refractivity contribution >= 4 is 11.7 Å². The first-order valence-electron chi connectivity index (χ1n) is 9.89. The van der Waals surface area contributed by atoms with Crippen molar-refractivity contribution in [1.29, 1.82) is 0 Å². The second kappa shape index (κ2) is 8.50. The van der Waals surface area contributed by atoms with Crippen LogP contribution in [0.2, 0.25) is 0 Å². The summed E-state index contributed by atoms with van der Waals surface area (Å²) in [6.07, 6.45) is 0.771. The number of benzene rings is 3. The molecule has 0 bridgehead atoms. The molecule has 1 saturated heterocycles. The Balaban J connectivity index is 1.61. The van der Waals surface area contributed by atoms with Crippen molar-refractivity contribution in [3.8, 4) is 11.1 Å². The van der Waals surface area contributed by atoms with Gasteiger partial charge in [0.15, 0.2) is 0 Å². The van der Waals surface area contributed by atoms with Crippen LogP contribution >= 0.6 is 0 Å². The maximum atomic E-state index is 11.8. The molecule has 0 aromatic heterocycles. The van der Waals surface area contributed by atoms with E-state index in [1.54, 1.807) is 0 Å². The fourth-order valence-electron chi connectivity index (χ4n) is 3.74. The van der Waals surface area contributed by atoms with Gasteiger partial charge in [0.05, 0.1) is 31.4 Å². The lowest BCUT2D eigenvalue weighted by molar-refractivity contribution is -0.143. The van der Waals surface area contributed by atoms with E-state index in [2.05, 4.69) is 67.6 Å². The number of hydroxylamine groups is 1. The Bertz CT molecular complexity index is 952. The molecule has 0 saturated carbocycles. The highest BCUT2D eigenvalue weighted by atomic mass is 16.7. The molecule has 0 N–H and O–H groups in total. The number of esters is 1. The maximum Gasteiger partial charge on any atom is 0.308 e. The van der Waals surface area contributed by atoms with E-state index in [1.807, 2.05) is 23.3 Å². The SMILES string of the molecule is COC(=O)CC1CC(c2ccc(-c3ccccc3)cc2)N(c2ccc(C)cc2)O1. The Kier molecular flexibility index (Phi) is 5.63. The van der Waals surface area contributed by atoms with Crippen molar-refractivity contribution < 1.29 is 14.4 Å². The molecule has 0 radical (unpaired) electrons. The Labute approximate surface area is 171 Å². The highest BCUT2D eigenvalue weighted by molar-refractivity contribution is 5.70. The van der Waals surface area contributed by atoms with Crippen molar-refractivity contribution in [3.63, 3.8) is 0 Å². The smallest absolute Gasteiger partial charge is 0.308 e. The molecule has 4 rings (SSSR count). The molecule has 0 spiro atoms. The van der Waals surface area contributed by atoms with Gasteiger partial charge in [-0.25, -0.2) is 5.06 Å². The summed E-state index contributed by atoms with van der Waals surface area (Å²) < 4.78 is 4.84. The van der Waals surface area contributed by atoms with E-state index >= 15 is 0 Å². The largest absolute Gasteiger partial charge is 0.469 e.